The van der Waals surface area contributed by atoms with Crippen LogP contribution in [0.5, 0.6) is 0 Å². The predicted molar refractivity (Wildman–Crippen MR) is 78.8 cm³/mol. The van der Waals surface area contributed by atoms with Gasteiger partial charge in [0.1, 0.15) is 5.76 Å². The largest absolute Gasteiger partial charge is 0.481 e. The Kier molecular flexibility index (Phi) is 6.78. The summed E-state index contributed by atoms with van der Waals surface area (Å²) in [6, 6.07) is 3.34. The molecular formula is C15H24N2O4. The lowest BCUT2D eigenvalue weighted by Crippen LogP contribution is -2.39. The van der Waals surface area contributed by atoms with E-state index in [1.54, 1.807) is 25.4 Å². The van der Waals surface area contributed by atoms with Crippen LogP contribution in [0, 0.1) is 11.8 Å². The van der Waals surface area contributed by atoms with Gasteiger partial charge in [0.2, 0.25) is 0 Å². The van der Waals surface area contributed by atoms with Gasteiger partial charge in [-0.15, -0.1) is 0 Å². The number of urea groups is 1. The minimum absolute atomic E-state index is 0.0523. The number of hydrogen-bond acceptors (Lipinski definition) is 3. The summed E-state index contributed by atoms with van der Waals surface area (Å²) in [6.07, 6.45) is 2.40. The zero-order valence-electron chi connectivity index (χ0n) is 12.8. The highest BCUT2D eigenvalue weighted by molar-refractivity contribution is 5.74. The number of rotatable bonds is 8. The maximum atomic E-state index is 12.0. The van der Waals surface area contributed by atoms with E-state index in [0.717, 1.165) is 6.42 Å². The van der Waals surface area contributed by atoms with Crippen LogP contribution < -0.4 is 5.32 Å². The van der Waals surface area contributed by atoms with Crippen molar-refractivity contribution in [2.45, 2.75) is 33.2 Å². The molecule has 118 valence electrons. The number of furan rings is 1. The molecule has 0 spiro atoms. The number of hydrogen-bond donors (Lipinski definition) is 2. The second-order valence-corrected chi connectivity index (χ2v) is 5.71. The number of nitrogens with zero attached hydrogens (tertiary/aromatic N) is 1. The van der Waals surface area contributed by atoms with Gasteiger partial charge >= 0.3 is 12.0 Å². The zero-order valence-corrected chi connectivity index (χ0v) is 12.8. The Bertz CT molecular complexity index is 443. The molecule has 1 heterocycles. The third-order valence-corrected chi connectivity index (χ3v) is 3.13. The van der Waals surface area contributed by atoms with E-state index in [0.29, 0.717) is 24.8 Å². The average molecular weight is 296 g/mol. The van der Waals surface area contributed by atoms with E-state index in [-0.39, 0.29) is 18.4 Å². The van der Waals surface area contributed by atoms with Crippen LogP contribution in [0.25, 0.3) is 0 Å². The fourth-order valence-corrected chi connectivity index (χ4v) is 2.23. The molecule has 0 aromatic carbocycles. The topological polar surface area (TPSA) is 82.8 Å². The van der Waals surface area contributed by atoms with E-state index < -0.39 is 5.97 Å². The molecule has 0 saturated carbocycles. The quantitative estimate of drug-likeness (QED) is 0.772. The Morgan fingerprint density at radius 2 is 2.14 bits per heavy atom. The van der Waals surface area contributed by atoms with Crippen LogP contribution in [-0.4, -0.2) is 35.6 Å². The Balaban J connectivity index is 2.42. The lowest BCUT2D eigenvalue weighted by molar-refractivity contribution is -0.138. The van der Waals surface area contributed by atoms with Gasteiger partial charge in [-0.05, 0) is 30.4 Å². The smallest absolute Gasteiger partial charge is 0.317 e. The van der Waals surface area contributed by atoms with Crippen molar-refractivity contribution in [2.24, 2.45) is 11.8 Å². The number of carboxylic acid groups (broad SMARTS) is 1. The molecule has 1 rings (SSSR count). The van der Waals surface area contributed by atoms with Crippen LogP contribution in [0.3, 0.4) is 0 Å². The lowest BCUT2D eigenvalue weighted by atomic mass is 9.94. The van der Waals surface area contributed by atoms with Crippen LogP contribution in [0.15, 0.2) is 22.8 Å². The molecule has 0 fully saturated rings. The molecule has 0 aliphatic heterocycles. The summed E-state index contributed by atoms with van der Waals surface area (Å²) in [5.74, 6) is 0.214. The molecule has 0 bridgehead atoms. The van der Waals surface area contributed by atoms with Gasteiger partial charge in [0.05, 0.1) is 12.8 Å². The molecule has 0 aliphatic rings. The molecule has 1 aromatic rings. The number of aliphatic carboxylic acids is 1. The summed E-state index contributed by atoms with van der Waals surface area (Å²) < 4.78 is 5.19. The van der Waals surface area contributed by atoms with Gasteiger partial charge in [-0.3, -0.25) is 4.79 Å². The molecular weight excluding hydrogens is 272 g/mol. The summed E-state index contributed by atoms with van der Waals surface area (Å²) in [7, 11) is 1.67. The molecule has 6 nitrogen and oxygen atoms in total. The number of carboxylic acids is 1. The van der Waals surface area contributed by atoms with Gasteiger partial charge < -0.3 is 19.7 Å². The molecule has 1 aromatic heterocycles. The van der Waals surface area contributed by atoms with Gasteiger partial charge in [0.15, 0.2) is 0 Å². The average Bonchev–Trinajstić information content (AvgIpc) is 2.86. The SMILES string of the molecule is CC(C)CC(CNC(=O)N(C)Cc1ccco1)CC(=O)O. The van der Waals surface area contributed by atoms with E-state index in [2.05, 4.69) is 5.32 Å². The number of carbonyl (C=O) groups is 2. The van der Waals surface area contributed by atoms with Gasteiger partial charge in [0, 0.05) is 20.0 Å². The van der Waals surface area contributed by atoms with Crippen molar-refractivity contribution in [3.8, 4) is 0 Å². The monoisotopic (exact) mass is 296 g/mol. The van der Waals surface area contributed by atoms with Crippen molar-refractivity contribution < 1.29 is 19.1 Å². The van der Waals surface area contributed by atoms with Crippen molar-refractivity contribution in [3.05, 3.63) is 24.2 Å². The fourth-order valence-electron chi connectivity index (χ4n) is 2.23. The highest BCUT2D eigenvalue weighted by atomic mass is 16.4. The van der Waals surface area contributed by atoms with Gasteiger partial charge in [-0.25, -0.2) is 4.79 Å². The Labute approximate surface area is 125 Å². The molecule has 0 radical (unpaired) electrons. The van der Waals surface area contributed by atoms with E-state index in [9.17, 15) is 9.59 Å². The predicted octanol–water partition coefficient (Wildman–Crippen LogP) is 2.56. The van der Waals surface area contributed by atoms with E-state index in [1.165, 1.54) is 4.90 Å². The highest BCUT2D eigenvalue weighted by Crippen LogP contribution is 2.15. The second kappa shape index (κ2) is 8.34. The summed E-state index contributed by atoms with van der Waals surface area (Å²) in [4.78, 5) is 24.3. The van der Waals surface area contributed by atoms with Crippen LogP contribution in [0.4, 0.5) is 4.79 Å². The van der Waals surface area contributed by atoms with E-state index in [4.69, 9.17) is 9.52 Å². The molecule has 0 saturated heterocycles. The van der Waals surface area contributed by atoms with Crippen LogP contribution in [-0.2, 0) is 11.3 Å². The Morgan fingerprint density at radius 3 is 2.67 bits per heavy atom. The zero-order chi connectivity index (χ0) is 15.8. The molecule has 1 unspecified atom stereocenters. The molecule has 2 amide bonds. The number of amides is 2. The first kappa shape index (κ1) is 17.1. The lowest BCUT2D eigenvalue weighted by Gasteiger charge is -2.21. The normalized spacial score (nSPS) is 12.2. The van der Waals surface area contributed by atoms with Crippen molar-refractivity contribution in [1.29, 1.82) is 0 Å². The van der Waals surface area contributed by atoms with Crippen molar-refractivity contribution >= 4 is 12.0 Å². The molecule has 2 N–H and O–H groups in total. The standard InChI is InChI=1S/C15H24N2O4/c1-11(2)7-12(8-14(18)19)9-16-15(20)17(3)10-13-5-4-6-21-13/h4-6,11-12H,7-10H2,1-3H3,(H,16,20)(H,18,19). The van der Waals surface area contributed by atoms with Crippen LogP contribution >= 0.6 is 0 Å². The fraction of sp³-hybridized carbons (Fsp3) is 0.600. The molecule has 21 heavy (non-hydrogen) atoms. The third kappa shape index (κ3) is 6.83. The minimum Gasteiger partial charge on any atom is -0.481 e. The maximum absolute atomic E-state index is 12.0. The van der Waals surface area contributed by atoms with Crippen LogP contribution in [0.1, 0.15) is 32.4 Å². The van der Waals surface area contributed by atoms with E-state index in [1.807, 2.05) is 13.8 Å². The summed E-state index contributed by atoms with van der Waals surface area (Å²) in [5, 5.41) is 11.7. The maximum Gasteiger partial charge on any atom is 0.317 e. The summed E-state index contributed by atoms with van der Waals surface area (Å²) in [5.41, 5.74) is 0. The first-order chi connectivity index (χ1) is 9.88. The summed E-state index contributed by atoms with van der Waals surface area (Å²) in [6.45, 7) is 4.83. The Morgan fingerprint density at radius 1 is 1.43 bits per heavy atom. The molecule has 0 aliphatic carbocycles. The van der Waals surface area contributed by atoms with Gasteiger partial charge in [-0.2, -0.15) is 0 Å². The molecule has 6 heteroatoms. The third-order valence-electron chi connectivity index (χ3n) is 3.13. The second-order valence-electron chi connectivity index (χ2n) is 5.71. The van der Waals surface area contributed by atoms with Gasteiger partial charge in [-0.1, -0.05) is 13.8 Å². The minimum atomic E-state index is -0.834. The van der Waals surface area contributed by atoms with Gasteiger partial charge in [0.25, 0.3) is 0 Å². The first-order valence-electron chi connectivity index (χ1n) is 7.11. The van der Waals surface area contributed by atoms with Crippen molar-refractivity contribution in [1.82, 2.24) is 10.2 Å². The summed E-state index contributed by atoms with van der Waals surface area (Å²) >= 11 is 0. The Hall–Kier alpha value is -1.98. The number of nitrogens with one attached hydrogen (secondary N) is 1. The van der Waals surface area contributed by atoms with Crippen LogP contribution in [0.2, 0.25) is 0 Å². The first-order valence-corrected chi connectivity index (χ1v) is 7.11. The number of carbonyl (C=O) groups excluding carboxylic acids is 1. The van der Waals surface area contributed by atoms with Crippen molar-refractivity contribution in [2.75, 3.05) is 13.6 Å². The molecule has 1 atom stereocenters. The van der Waals surface area contributed by atoms with Crippen molar-refractivity contribution in [3.63, 3.8) is 0 Å². The van der Waals surface area contributed by atoms with E-state index >= 15 is 0 Å². The highest BCUT2D eigenvalue weighted by Gasteiger charge is 2.17.